The van der Waals surface area contributed by atoms with E-state index in [4.69, 9.17) is 0 Å². The summed E-state index contributed by atoms with van der Waals surface area (Å²) in [6.07, 6.45) is 6.95. The van der Waals surface area contributed by atoms with Gasteiger partial charge in [-0.2, -0.15) is 0 Å². The van der Waals surface area contributed by atoms with Gasteiger partial charge in [0, 0.05) is 6.21 Å². The van der Waals surface area contributed by atoms with Crippen molar-refractivity contribution in [1.29, 1.82) is 0 Å². The maximum Gasteiger partial charge on any atom is 1.00 e. The summed E-state index contributed by atoms with van der Waals surface area (Å²) in [4.78, 5) is 4.13. The summed E-state index contributed by atoms with van der Waals surface area (Å²) in [5, 5.41) is 8.57. The predicted molar refractivity (Wildman–Crippen MR) is 94.9 cm³/mol. The Balaban J connectivity index is -0.0000000609. The molecule has 0 heterocycles. The summed E-state index contributed by atoms with van der Waals surface area (Å²) in [6, 6.07) is 0. The summed E-state index contributed by atoms with van der Waals surface area (Å²) in [5.41, 5.74) is 0.0575. The van der Waals surface area contributed by atoms with E-state index >= 15 is 0 Å². The molecule has 0 atom stereocenters. The zero-order valence-electron chi connectivity index (χ0n) is 18.9. The molecule has 0 radical (unpaired) electrons. The van der Waals surface area contributed by atoms with E-state index in [1.54, 1.807) is 24.7 Å². The van der Waals surface area contributed by atoms with Crippen molar-refractivity contribution in [1.82, 2.24) is 0 Å². The van der Waals surface area contributed by atoms with Gasteiger partial charge < -0.3 is 12.1 Å². The molecule has 3 nitrogen and oxygen atoms in total. The third-order valence-corrected chi connectivity index (χ3v) is 1.56. The van der Waals surface area contributed by atoms with Crippen LogP contribution in [0.4, 0.5) is 0 Å². The van der Waals surface area contributed by atoms with Crippen molar-refractivity contribution in [2.75, 3.05) is 0 Å². The van der Waals surface area contributed by atoms with Crippen LogP contribution in [-0.4, -0.2) is 22.8 Å². The van der Waals surface area contributed by atoms with Gasteiger partial charge in [-0.05, 0) is 20.8 Å². The fourth-order valence-electron chi connectivity index (χ4n) is 0.790. The van der Waals surface area contributed by atoms with Crippen molar-refractivity contribution in [3.05, 3.63) is 35.7 Å². The minimum atomic E-state index is 0. The van der Waals surface area contributed by atoms with Crippen molar-refractivity contribution in [2.24, 2.45) is 4.99 Å². The van der Waals surface area contributed by atoms with Crippen LogP contribution in [0.25, 0.3) is 10.6 Å². The molecule has 0 saturated carbocycles. The van der Waals surface area contributed by atoms with Crippen LogP contribution in [0.1, 0.15) is 63.7 Å². The summed E-state index contributed by atoms with van der Waals surface area (Å²) < 4.78 is 0. The topological polar surface area (TPSA) is 40.6 Å². The Hall–Kier alpha value is 0.542. The van der Waals surface area contributed by atoms with Gasteiger partial charge in [0.2, 0.25) is 0 Å². The standard InChI is InChI=1S/C10H20N2.C7H13N.3Li.H/c1-9(2,3)11-7-8-12-10(4,5)6;1-5-6-8-7(2,3)4;;;;/h7-8H,1-6H3;5-6H,1H2,2-4H3;;;;/q-2;;3*+1;-1/b8-7-;;;;;. The molecule has 0 bridgehead atoms. The number of allylic oxidation sites excluding steroid dienone is 1. The Morgan fingerprint density at radius 3 is 1.17 bits per heavy atom. The van der Waals surface area contributed by atoms with Gasteiger partial charge in [0.05, 0.1) is 5.54 Å². The van der Waals surface area contributed by atoms with Gasteiger partial charge in [-0.25, -0.2) is 12.4 Å². The molecular weight excluding hydrogens is 267 g/mol. The third-order valence-electron chi connectivity index (χ3n) is 1.56. The van der Waals surface area contributed by atoms with Crippen LogP contribution >= 0.6 is 0 Å². The normalized spacial score (nSPS) is 11.3. The monoisotopic (exact) mass is 301 g/mol. The minimum absolute atomic E-state index is 0. The average molecular weight is 301 g/mol. The molecule has 6 heteroatoms. The Morgan fingerprint density at radius 2 is 1.04 bits per heavy atom. The van der Waals surface area contributed by atoms with Crippen LogP contribution in [0.5, 0.6) is 0 Å². The van der Waals surface area contributed by atoms with E-state index in [0.29, 0.717) is 0 Å². The molecule has 0 aromatic rings. The first-order chi connectivity index (χ1) is 8.77. The fraction of sp³-hybridized carbons (Fsp3) is 0.706. The van der Waals surface area contributed by atoms with Gasteiger partial charge >= 0.3 is 56.6 Å². The van der Waals surface area contributed by atoms with E-state index in [1.807, 2.05) is 20.8 Å². The molecular formula is C17H34Li3N3. The van der Waals surface area contributed by atoms with E-state index in [1.165, 1.54) is 0 Å². The van der Waals surface area contributed by atoms with Gasteiger partial charge in [0.25, 0.3) is 0 Å². The quantitative estimate of drug-likeness (QED) is 0.393. The predicted octanol–water partition coefficient (Wildman–Crippen LogP) is -3.03. The first kappa shape index (κ1) is 34.8. The summed E-state index contributed by atoms with van der Waals surface area (Å²) in [5.74, 6) is 0. The zero-order valence-corrected chi connectivity index (χ0v) is 17.9. The van der Waals surface area contributed by atoms with Gasteiger partial charge in [0.15, 0.2) is 0 Å². The molecule has 0 aliphatic rings. The number of nitrogens with zero attached hydrogens (tertiary/aromatic N) is 3. The molecule has 0 spiro atoms. The van der Waals surface area contributed by atoms with Crippen molar-refractivity contribution in [3.8, 4) is 0 Å². The molecule has 0 aromatic carbocycles. The van der Waals surface area contributed by atoms with Gasteiger partial charge in [-0.3, -0.25) is 4.99 Å². The molecule has 0 aliphatic carbocycles. The Labute approximate surface area is 183 Å². The van der Waals surface area contributed by atoms with Crippen LogP contribution in [0.2, 0.25) is 0 Å². The van der Waals surface area contributed by atoms with E-state index in [9.17, 15) is 0 Å². The molecule has 0 aromatic heterocycles. The van der Waals surface area contributed by atoms with Crippen LogP contribution < -0.4 is 56.6 Å². The Morgan fingerprint density at radius 1 is 0.739 bits per heavy atom. The second kappa shape index (κ2) is 16.0. The Bertz CT molecular complexity index is 307. The van der Waals surface area contributed by atoms with E-state index in [0.717, 1.165) is 0 Å². The second-order valence-corrected chi connectivity index (χ2v) is 7.58. The van der Waals surface area contributed by atoms with Crippen LogP contribution in [0.15, 0.2) is 30.0 Å². The van der Waals surface area contributed by atoms with Gasteiger partial charge in [-0.15, -0.1) is 11.1 Å². The summed E-state index contributed by atoms with van der Waals surface area (Å²) in [6.45, 7) is 22.0. The number of hydrogen-bond donors (Lipinski definition) is 0. The molecule has 0 rings (SSSR count). The van der Waals surface area contributed by atoms with Gasteiger partial charge in [-0.1, -0.05) is 54.2 Å². The molecule has 120 valence electrons. The van der Waals surface area contributed by atoms with Crippen molar-refractivity contribution in [3.63, 3.8) is 0 Å². The first-order valence-corrected chi connectivity index (χ1v) is 7.02. The average Bonchev–Trinajstić information content (AvgIpc) is 2.19. The molecule has 0 fully saturated rings. The van der Waals surface area contributed by atoms with Crippen LogP contribution in [0.3, 0.4) is 0 Å². The molecule has 0 amide bonds. The summed E-state index contributed by atoms with van der Waals surface area (Å²) >= 11 is 0. The van der Waals surface area contributed by atoms with Crippen LogP contribution in [0, 0.1) is 0 Å². The van der Waals surface area contributed by atoms with Crippen LogP contribution in [-0.2, 0) is 0 Å². The maximum atomic E-state index is 4.29. The van der Waals surface area contributed by atoms with E-state index in [2.05, 4.69) is 63.7 Å². The maximum absolute atomic E-state index is 4.29. The molecule has 0 unspecified atom stereocenters. The fourth-order valence-corrected chi connectivity index (χ4v) is 0.790. The molecule has 0 saturated heterocycles. The molecule has 23 heavy (non-hydrogen) atoms. The van der Waals surface area contributed by atoms with Crippen molar-refractivity contribution >= 4 is 6.21 Å². The van der Waals surface area contributed by atoms with Gasteiger partial charge in [0.1, 0.15) is 0 Å². The van der Waals surface area contributed by atoms with E-state index in [-0.39, 0.29) is 74.6 Å². The zero-order chi connectivity index (χ0) is 16.4. The second-order valence-electron chi connectivity index (χ2n) is 7.58. The Kier molecular flexibility index (Phi) is 24.3. The first-order valence-electron chi connectivity index (χ1n) is 7.02. The minimum Gasteiger partial charge on any atom is -1.00 e. The largest absolute Gasteiger partial charge is 1.00 e. The molecule has 0 N–H and O–H groups in total. The van der Waals surface area contributed by atoms with E-state index < -0.39 is 0 Å². The third kappa shape index (κ3) is 45.0. The van der Waals surface area contributed by atoms with Crippen molar-refractivity contribution < 1.29 is 58.0 Å². The summed E-state index contributed by atoms with van der Waals surface area (Å²) in [7, 11) is 0. The smallest absolute Gasteiger partial charge is 1.00 e. The van der Waals surface area contributed by atoms with Crippen molar-refractivity contribution in [2.45, 2.75) is 78.9 Å². The number of rotatable bonds is 3. The number of hydrogen-bond acceptors (Lipinski definition) is 1. The molecule has 0 aliphatic heterocycles. The number of aliphatic imine (C=N–C) groups is 1. The SMILES string of the molecule is C=CC=NC(C)(C)C.CC(C)(C)[N-]/C=C\[N-]C(C)(C)C.[H-].[Li+].[Li+].[Li+].